The van der Waals surface area contributed by atoms with Gasteiger partial charge in [0, 0.05) is 12.0 Å². The van der Waals surface area contributed by atoms with E-state index in [1.54, 1.807) is 0 Å². The van der Waals surface area contributed by atoms with Crippen LogP contribution in [0.15, 0.2) is 18.2 Å². The number of hydrogen-bond acceptors (Lipinski definition) is 3. The highest BCUT2D eigenvalue weighted by atomic mass is 16.5. The van der Waals surface area contributed by atoms with Crippen LogP contribution in [0.25, 0.3) is 0 Å². The Balaban J connectivity index is 1.83. The molecule has 1 heterocycles. The summed E-state index contributed by atoms with van der Waals surface area (Å²) in [4.78, 5) is 0. The third kappa shape index (κ3) is 2.78. The van der Waals surface area contributed by atoms with Crippen molar-refractivity contribution in [3.05, 3.63) is 23.8 Å². The van der Waals surface area contributed by atoms with Gasteiger partial charge in [-0.05, 0) is 42.5 Å². The summed E-state index contributed by atoms with van der Waals surface area (Å²) in [6.07, 6.45) is 1.32. The molecule has 2 aliphatic rings. The third-order valence-corrected chi connectivity index (χ3v) is 4.40. The maximum Gasteiger partial charge on any atom is 0.161 e. The summed E-state index contributed by atoms with van der Waals surface area (Å²) in [6, 6.07) is 6.88. The van der Waals surface area contributed by atoms with E-state index in [0.29, 0.717) is 12.0 Å². The van der Waals surface area contributed by atoms with E-state index in [-0.39, 0.29) is 0 Å². The molecule has 110 valence electrons. The smallest absolute Gasteiger partial charge is 0.161 e. The molecule has 1 aliphatic carbocycles. The molecule has 0 saturated heterocycles. The van der Waals surface area contributed by atoms with Gasteiger partial charge in [-0.1, -0.05) is 26.8 Å². The van der Waals surface area contributed by atoms with Gasteiger partial charge in [0.15, 0.2) is 11.5 Å². The van der Waals surface area contributed by atoms with Gasteiger partial charge < -0.3 is 14.8 Å². The average Bonchev–Trinajstić information content (AvgIpc) is 3.19. The van der Waals surface area contributed by atoms with Crippen LogP contribution in [0.1, 0.15) is 38.8 Å². The van der Waals surface area contributed by atoms with E-state index in [1.165, 1.54) is 12.0 Å². The fourth-order valence-corrected chi connectivity index (χ4v) is 3.01. The van der Waals surface area contributed by atoms with Gasteiger partial charge in [-0.2, -0.15) is 0 Å². The second kappa shape index (κ2) is 5.65. The molecule has 1 saturated carbocycles. The van der Waals surface area contributed by atoms with Crippen molar-refractivity contribution in [2.75, 3.05) is 19.8 Å². The Bertz CT molecular complexity index is 474. The quantitative estimate of drug-likeness (QED) is 0.913. The predicted molar refractivity (Wildman–Crippen MR) is 80.3 cm³/mol. The summed E-state index contributed by atoms with van der Waals surface area (Å²) in [7, 11) is 0. The molecule has 0 spiro atoms. The second-order valence-corrected chi connectivity index (χ2v) is 6.35. The van der Waals surface area contributed by atoms with Crippen LogP contribution in [0.2, 0.25) is 0 Å². The fraction of sp³-hybridized carbons (Fsp3) is 0.647. The molecule has 0 radical (unpaired) electrons. The Morgan fingerprint density at radius 1 is 1.20 bits per heavy atom. The van der Waals surface area contributed by atoms with Crippen LogP contribution < -0.4 is 14.8 Å². The fourth-order valence-electron chi connectivity index (χ4n) is 3.01. The zero-order valence-electron chi connectivity index (χ0n) is 12.7. The lowest BCUT2D eigenvalue weighted by atomic mass is 10.0. The number of fused-ring (bicyclic) bond motifs is 1. The topological polar surface area (TPSA) is 30.5 Å². The molecule has 3 heteroatoms. The minimum atomic E-state index is 0.443. The summed E-state index contributed by atoms with van der Waals surface area (Å²) in [5.74, 6) is 3.83. The highest BCUT2D eigenvalue weighted by Crippen LogP contribution is 2.48. The number of nitrogens with one attached hydrogen (secondary N) is 1. The lowest BCUT2D eigenvalue weighted by Gasteiger charge is -2.20. The first-order chi connectivity index (χ1) is 9.69. The minimum Gasteiger partial charge on any atom is -0.489 e. The van der Waals surface area contributed by atoms with Gasteiger partial charge in [0.05, 0.1) is 13.2 Å². The first kappa shape index (κ1) is 13.7. The molecule has 1 aliphatic heterocycles. The first-order valence-electron chi connectivity index (χ1n) is 7.82. The van der Waals surface area contributed by atoms with Crippen molar-refractivity contribution in [2.45, 2.75) is 33.2 Å². The van der Waals surface area contributed by atoms with Crippen LogP contribution in [0.4, 0.5) is 0 Å². The molecule has 1 fully saturated rings. The minimum absolute atomic E-state index is 0.443. The van der Waals surface area contributed by atoms with Gasteiger partial charge in [0.25, 0.3) is 0 Å². The van der Waals surface area contributed by atoms with Crippen molar-refractivity contribution >= 4 is 0 Å². The van der Waals surface area contributed by atoms with Crippen molar-refractivity contribution in [3.63, 3.8) is 0 Å². The number of benzene rings is 1. The summed E-state index contributed by atoms with van der Waals surface area (Å²) < 4.78 is 11.7. The number of rotatable bonds is 4. The molecule has 4 unspecified atom stereocenters. The van der Waals surface area contributed by atoms with Gasteiger partial charge >= 0.3 is 0 Å². The van der Waals surface area contributed by atoms with Gasteiger partial charge in [0.2, 0.25) is 0 Å². The maximum absolute atomic E-state index is 5.90. The summed E-state index contributed by atoms with van der Waals surface area (Å²) in [6.45, 7) is 9.13. The monoisotopic (exact) mass is 275 g/mol. The van der Waals surface area contributed by atoms with Gasteiger partial charge in [-0.15, -0.1) is 0 Å². The number of ether oxygens (including phenoxy) is 2. The van der Waals surface area contributed by atoms with Crippen LogP contribution >= 0.6 is 0 Å². The molecule has 0 aromatic heterocycles. The van der Waals surface area contributed by atoms with Crippen LogP contribution in [-0.2, 0) is 0 Å². The SMILES string of the molecule is CCNC(c1ccc2c(c1)OCC(C)CO2)C1CC1C. The Hall–Kier alpha value is -1.22. The predicted octanol–water partition coefficient (Wildman–Crippen LogP) is 3.40. The van der Waals surface area contributed by atoms with Crippen LogP contribution in [-0.4, -0.2) is 19.8 Å². The van der Waals surface area contributed by atoms with Gasteiger partial charge in [-0.25, -0.2) is 0 Å². The van der Waals surface area contributed by atoms with Gasteiger partial charge in [-0.3, -0.25) is 0 Å². The van der Waals surface area contributed by atoms with E-state index >= 15 is 0 Å². The molecule has 20 heavy (non-hydrogen) atoms. The molecule has 1 aromatic carbocycles. The molecule has 1 N–H and O–H groups in total. The largest absolute Gasteiger partial charge is 0.489 e. The van der Waals surface area contributed by atoms with E-state index in [4.69, 9.17) is 9.47 Å². The molecular weight excluding hydrogens is 250 g/mol. The lowest BCUT2D eigenvalue weighted by molar-refractivity contribution is 0.228. The Morgan fingerprint density at radius 3 is 2.55 bits per heavy atom. The van der Waals surface area contributed by atoms with E-state index in [2.05, 4.69) is 44.3 Å². The van der Waals surface area contributed by atoms with Crippen molar-refractivity contribution in [3.8, 4) is 11.5 Å². The highest BCUT2D eigenvalue weighted by Gasteiger charge is 2.40. The van der Waals surface area contributed by atoms with Crippen molar-refractivity contribution in [1.82, 2.24) is 5.32 Å². The van der Waals surface area contributed by atoms with Crippen molar-refractivity contribution in [2.24, 2.45) is 17.8 Å². The molecule has 3 nitrogen and oxygen atoms in total. The molecular formula is C17H25NO2. The van der Waals surface area contributed by atoms with Crippen LogP contribution in [0.5, 0.6) is 11.5 Å². The number of hydrogen-bond donors (Lipinski definition) is 1. The average molecular weight is 275 g/mol. The Morgan fingerprint density at radius 2 is 1.90 bits per heavy atom. The van der Waals surface area contributed by atoms with Crippen LogP contribution in [0, 0.1) is 17.8 Å². The zero-order valence-corrected chi connectivity index (χ0v) is 12.7. The maximum atomic E-state index is 5.90. The molecule has 0 amide bonds. The van der Waals surface area contributed by atoms with E-state index in [0.717, 1.165) is 43.1 Å². The summed E-state index contributed by atoms with van der Waals surface area (Å²) >= 11 is 0. The highest BCUT2D eigenvalue weighted by molar-refractivity contribution is 5.44. The van der Waals surface area contributed by atoms with Crippen LogP contribution in [0.3, 0.4) is 0 Å². The summed E-state index contributed by atoms with van der Waals surface area (Å²) in [5, 5.41) is 3.63. The standard InChI is InChI=1S/C17H25NO2/c1-4-18-17(14-7-12(14)3)13-5-6-15-16(8-13)20-10-11(2)9-19-15/h5-6,8,11-12,14,17-18H,4,7,9-10H2,1-3H3. The first-order valence-corrected chi connectivity index (χ1v) is 7.82. The van der Waals surface area contributed by atoms with Crippen molar-refractivity contribution < 1.29 is 9.47 Å². The summed E-state index contributed by atoms with van der Waals surface area (Å²) in [5.41, 5.74) is 1.33. The van der Waals surface area contributed by atoms with E-state index in [1.807, 2.05) is 0 Å². The Kier molecular flexibility index (Phi) is 3.88. The van der Waals surface area contributed by atoms with Crippen molar-refractivity contribution in [1.29, 1.82) is 0 Å². The molecule has 4 atom stereocenters. The van der Waals surface area contributed by atoms with Gasteiger partial charge in [0.1, 0.15) is 0 Å². The van der Waals surface area contributed by atoms with E-state index in [9.17, 15) is 0 Å². The molecule has 0 bridgehead atoms. The van der Waals surface area contributed by atoms with E-state index < -0.39 is 0 Å². The zero-order chi connectivity index (χ0) is 14.1. The molecule has 1 aromatic rings. The molecule has 3 rings (SSSR count). The lowest BCUT2D eigenvalue weighted by Crippen LogP contribution is -2.23. The third-order valence-electron chi connectivity index (χ3n) is 4.40. The Labute approximate surface area is 121 Å². The normalized spacial score (nSPS) is 29.6. The second-order valence-electron chi connectivity index (χ2n) is 6.35.